The van der Waals surface area contributed by atoms with Gasteiger partial charge < -0.3 is 9.84 Å². The topological polar surface area (TPSA) is 29.5 Å². The predicted molar refractivity (Wildman–Crippen MR) is 44.5 cm³/mol. The molecule has 2 nitrogen and oxygen atoms in total. The van der Waals surface area contributed by atoms with E-state index in [1.165, 1.54) is 0 Å². The van der Waals surface area contributed by atoms with E-state index in [1.807, 2.05) is 6.92 Å². The van der Waals surface area contributed by atoms with Gasteiger partial charge in [0.2, 0.25) is 0 Å². The van der Waals surface area contributed by atoms with E-state index in [4.69, 9.17) is 9.84 Å². The summed E-state index contributed by atoms with van der Waals surface area (Å²) < 4.78 is 5.76. The van der Waals surface area contributed by atoms with Gasteiger partial charge in [0.25, 0.3) is 0 Å². The zero-order valence-electron chi connectivity index (χ0n) is 7.68. The van der Waals surface area contributed by atoms with Crippen molar-refractivity contribution in [2.24, 2.45) is 0 Å². The number of hydrogen-bond acceptors (Lipinski definition) is 2. The maximum Gasteiger partial charge on any atom is 0.0891 e. The maximum absolute atomic E-state index is 9.06. The minimum atomic E-state index is -0.290. The third-order valence-electron chi connectivity index (χ3n) is 2.34. The van der Waals surface area contributed by atoms with Crippen molar-refractivity contribution < 1.29 is 9.84 Å². The van der Waals surface area contributed by atoms with Gasteiger partial charge in [-0.2, -0.15) is 0 Å². The van der Waals surface area contributed by atoms with E-state index in [0.29, 0.717) is 0 Å². The Bertz CT molecular complexity index is 142. The Morgan fingerprint density at radius 2 is 1.91 bits per heavy atom. The van der Waals surface area contributed by atoms with Crippen molar-refractivity contribution in [2.75, 3.05) is 6.61 Å². The molecule has 0 aromatic rings. The monoisotopic (exact) mass is 158 g/mol. The summed E-state index contributed by atoms with van der Waals surface area (Å²) in [5, 5.41) is 9.06. The van der Waals surface area contributed by atoms with E-state index in [2.05, 4.69) is 13.8 Å². The molecule has 1 aliphatic rings. The van der Waals surface area contributed by atoms with Crippen LogP contribution in [0.2, 0.25) is 0 Å². The van der Waals surface area contributed by atoms with Crippen molar-refractivity contribution in [3.8, 4) is 0 Å². The minimum absolute atomic E-state index is 0.0459. The Kier molecular flexibility index (Phi) is 2.26. The van der Waals surface area contributed by atoms with Gasteiger partial charge in [0, 0.05) is 0 Å². The second-order valence-electron chi connectivity index (χ2n) is 4.32. The molecule has 0 aliphatic carbocycles. The van der Waals surface area contributed by atoms with Gasteiger partial charge >= 0.3 is 0 Å². The summed E-state index contributed by atoms with van der Waals surface area (Å²) in [5.41, 5.74) is -0.336. The average Bonchev–Trinajstić information content (AvgIpc) is 1.85. The van der Waals surface area contributed by atoms with Gasteiger partial charge in [0.1, 0.15) is 0 Å². The van der Waals surface area contributed by atoms with E-state index < -0.39 is 0 Å². The van der Waals surface area contributed by atoms with Crippen molar-refractivity contribution in [1.82, 2.24) is 0 Å². The first kappa shape index (κ1) is 9.01. The normalized spacial score (nSPS) is 37.1. The second kappa shape index (κ2) is 2.76. The van der Waals surface area contributed by atoms with E-state index in [0.717, 1.165) is 19.3 Å². The quantitative estimate of drug-likeness (QED) is 0.629. The molecule has 1 aliphatic heterocycles. The van der Waals surface area contributed by atoms with Crippen molar-refractivity contribution in [3.05, 3.63) is 0 Å². The summed E-state index contributed by atoms with van der Waals surface area (Å²) in [7, 11) is 0. The SMILES string of the molecule is CC1(C)CCC[C@@](C)(CO)O1. The predicted octanol–water partition coefficient (Wildman–Crippen LogP) is 1.72. The fraction of sp³-hybridized carbons (Fsp3) is 1.00. The van der Waals surface area contributed by atoms with Crippen LogP contribution >= 0.6 is 0 Å². The Morgan fingerprint density at radius 3 is 2.27 bits per heavy atom. The summed E-state index contributed by atoms with van der Waals surface area (Å²) in [5.74, 6) is 0. The van der Waals surface area contributed by atoms with Gasteiger partial charge in [-0.3, -0.25) is 0 Å². The molecule has 1 saturated heterocycles. The number of rotatable bonds is 1. The number of aliphatic hydroxyl groups is 1. The van der Waals surface area contributed by atoms with Crippen LogP contribution in [0.3, 0.4) is 0 Å². The van der Waals surface area contributed by atoms with Crippen LogP contribution in [-0.4, -0.2) is 22.9 Å². The fourth-order valence-electron chi connectivity index (χ4n) is 1.77. The van der Waals surface area contributed by atoms with Crippen LogP contribution in [0.5, 0.6) is 0 Å². The first-order chi connectivity index (χ1) is 4.97. The Balaban J connectivity index is 2.59. The molecule has 66 valence electrons. The molecule has 1 heterocycles. The van der Waals surface area contributed by atoms with E-state index in [9.17, 15) is 0 Å². The lowest BCUT2D eigenvalue weighted by Gasteiger charge is -2.42. The van der Waals surface area contributed by atoms with Crippen molar-refractivity contribution >= 4 is 0 Å². The average molecular weight is 158 g/mol. The highest BCUT2D eigenvalue weighted by atomic mass is 16.5. The molecule has 0 saturated carbocycles. The van der Waals surface area contributed by atoms with Gasteiger partial charge in [-0.25, -0.2) is 0 Å². The molecular weight excluding hydrogens is 140 g/mol. The van der Waals surface area contributed by atoms with Gasteiger partial charge in [-0.15, -0.1) is 0 Å². The van der Waals surface area contributed by atoms with Crippen LogP contribution in [0.1, 0.15) is 40.0 Å². The summed E-state index contributed by atoms with van der Waals surface area (Å²) in [4.78, 5) is 0. The smallest absolute Gasteiger partial charge is 0.0891 e. The molecule has 0 aromatic carbocycles. The van der Waals surface area contributed by atoms with E-state index in [1.54, 1.807) is 0 Å². The third kappa shape index (κ3) is 2.17. The van der Waals surface area contributed by atoms with Crippen LogP contribution in [0, 0.1) is 0 Å². The van der Waals surface area contributed by atoms with Crippen molar-refractivity contribution in [2.45, 2.75) is 51.2 Å². The lowest BCUT2D eigenvalue weighted by Crippen LogP contribution is -2.45. The number of aliphatic hydroxyl groups excluding tert-OH is 1. The Morgan fingerprint density at radius 1 is 1.27 bits per heavy atom. The minimum Gasteiger partial charge on any atom is -0.393 e. The molecule has 11 heavy (non-hydrogen) atoms. The molecule has 1 rings (SSSR count). The molecule has 0 unspecified atom stereocenters. The van der Waals surface area contributed by atoms with Gasteiger partial charge in [-0.1, -0.05) is 0 Å². The van der Waals surface area contributed by atoms with Gasteiger partial charge in [0.05, 0.1) is 17.8 Å². The van der Waals surface area contributed by atoms with Crippen LogP contribution < -0.4 is 0 Å². The lowest BCUT2D eigenvalue weighted by molar-refractivity contribution is -0.181. The molecule has 1 atom stereocenters. The van der Waals surface area contributed by atoms with E-state index >= 15 is 0 Å². The largest absolute Gasteiger partial charge is 0.393 e. The molecule has 0 radical (unpaired) electrons. The second-order valence-corrected chi connectivity index (χ2v) is 4.32. The molecule has 1 fully saturated rings. The zero-order chi connectivity index (χ0) is 8.54. The van der Waals surface area contributed by atoms with Crippen LogP contribution in [0.4, 0.5) is 0 Å². The van der Waals surface area contributed by atoms with Crippen LogP contribution in [0.15, 0.2) is 0 Å². The van der Waals surface area contributed by atoms with Crippen LogP contribution in [0.25, 0.3) is 0 Å². The number of hydrogen-bond donors (Lipinski definition) is 1. The highest BCUT2D eigenvalue weighted by Gasteiger charge is 2.36. The Labute approximate surface area is 68.6 Å². The summed E-state index contributed by atoms with van der Waals surface area (Å²) in [6, 6.07) is 0. The maximum atomic E-state index is 9.06. The highest BCUT2D eigenvalue weighted by molar-refractivity contribution is 4.85. The highest BCUT2D eigenvalue weighted by Crippen LogP contribution is 2.34. The van der Waals surface area contributed by atoms with E-state index in [-0.39, 0.29) is 17.8 Å². The molecule has 0 amide bonds. The van der Waals surface area contributed by atoms with Crippen molar-refractivity contribution in [3.63, 3.8) is 0 Å². The summed E-state index contributed by atoms with van der Waals surface area (Å²) in [6.07, 6.45) is 3.24. The summed E-state index contributed by atoms with van der Waals surface area (Å²) in [6.45, 7) is 6.28. The summed E-state index contributed by atoms with van der Waals surface area (Å²) >= 11 is 0. The molecule has 0 spiro atoms. The van der Waals surface area contributed by atoms with Gasteiger partial charge in [0.15, 0.2) is 0 Å². The molecule has 2 heteroatoms. The molecule has 0 aromatic heterocycles. The van der Waals surface area contributed by atoms with Gasteiger partial charge in [-0.05, 0) is 40.0 Å². The zero-order valence-corrected chi connectivity index (χ0v) is 7.68. The number of ether oxygens (including phenoxy) is 1. The lowest BCUT2D eigenvalue weighted by atomic mass is 9.88. The molecule has 1 N–H and O–H groups in total. The molecular formula is C9H18O2. The third-order valence-corrected chi connectivity index (χ3v) is 2.34. The first-order valence-corrected chi connectivity index (χ1v) is 4.29. The first-order valence-electron chi connectivity index (χ1n) is 4.29. The Hall–Kier alpha value is -0.0800. The standard InChI is InChI=1S/C9H18O2/c1-8(2)5-4-6-9(3,7-10)11-8/h10H,4-7H2,1-3H3/t9-/m0/s1. The fourth-order valence-corrected chi connectivity index (χ4v) is 1.77. The van der Waals surface area contributed by atoms with Crippen LogP contribution in [-0.2, 0) is 4.74 Å². The van der Waals surface area contributed by atoms with Crippen molar-refractivity contribution in [1.29, 1.82) is 0 Å². The molecule has 0 bridgehead atoms.